The van der Waals surface area contributed by atoms with Crippen LogP contribution < -0.4 is 5.32 Å². The molecule has 35 heavy (non-hydrogen) atoms. The van der Waals surface area contributed by atoms with Crippen LogP contribution in [0.5, 0.6) is 0 Å². The van der Waals surface area contributed by atoms with Gasteiger partial charge in [-0.2, -0.15) is 0 Å². The van der Waals surface area contributed by atoms with Gasteiger partial charge in [-0.05, 0) is 36.8 Å². The molecule has 3 aromatic rings. The first-order chi connectivity index (χ1) is 16.8. The molecule has 1 saturated heterocycles. The number of carbonyl (C=O) groups excluding carboxylic acids is 2. The maximum atomic E-state index is 14.0. The zero-order valence-corrected chi connectivity index (χ0v) is 19.9. The molecule has 0 saturated carbocycles. The van der Waals surface area contributed by atoms with Gasteiger partial charge in [0.05, 0.1) is 30.2 Å². The molecule has 4 rings (SSSR count). The highest BCUT2D eigenvalue weighted by atomic mass is 19.1. The zero-order chi connectivity index (χ0) is 25.1. The average molecular weight is 483 g/mol. The third-order valence-electron chi connectivity index (χ3n) is 6.45. The first-order valence-corrected chi connectivity index (χ1v) is 11.7. The highest BCUT2D eigenvalue weighted by Gasteiger charge is 2.40. The van der Waals surface area contributed by atoms with Crippen LogP contribution in [0.3, 0.4) is 0 Å². The van der Waals surface area contributed by atoms with Crippen molar-refractivity contribution < 1.29 is 22.9 Å². The van der Waals surface area contributed by atoms with Gasteiger partial charge in [-0.1, -0.05) is 43.3 Å². The highest BCUT2D eigenvalue weighted by molar-refractivity contribution is 5.91. The van der Waals surface area contributed by atoms with E-state index in [1.807, 2.05) is 20.8 Å². The van der Waals surface area contributed by atoms with Gasteiger partial charge in [0.2, 0.25) is 11.8 Å². The highest BCUT2D eigenvalue weighted by Crippen LogP contribution is 2.31. The van der Waals surface area contributed by atoms with Crippen LogP contribution >= 0.6 is 0 Å². The maximum absolute atomic E-state index is 14.0. The number of nitrogens with zero attached hydrogens (tertiary/aromatic N) is 3. The topological polar surface area (TPSA) is 88.3 Å². The molecule has 3 unspecified atom stereocenters. The Morgan fingerprint density at radius 1 is 1.09 bits per heavy atom. The Bertz CT molecular complexity index is 1160. The second-order valence-electron chi connectivity index (χ2n) is 9.16. The van der Waals surface area contributed by atoms with Crippen molar-refractivity contribution in [1.82, 2.24) is 20.4 Å². The van der Waals surface area contributed by atoms with Gasteiger partial charge in [-0.25, -0.2) is 8.78 Å². The van der Waals surface area contributed by atoms with Crippen molar-refractivity contribution in [2.45, 2.75) is 51.6 Å². The fraction of sp³-hybridized carbons (Fsp3) is 0.385. The number of rotatable bonds is 7. The van der Waals surface area contributed by atoms with Crippen molar-refractivity contribution in [2.75, 3.05) is 6.54 Å². The number of amides is 2. The molecule has 1 fully saturated rings. The van der Waals surface area contributed by atoms with Crippen molar-refractivity contribution in [3.05, 3.63) is 71.9 Å². The average Bonchev–Trinajstić information content (AvgIpc) is 3.52. The van der Waals surface area contributed by atoms with Crippen LogP contribution in [0, 0.1) is 17.6 Å². The largest absolute Gasteiger partial charge is 0.361 e. The smallest absolute Gasteiger partial charge is 0.243 e. The molecule has 9 heteroatoms. The minimum Gasteiger partial charge on any atom is -0.361 e. The number of benzene rings is 1. The lowest BCUT2D eigenvalue weighted by molar-refractivity contribution is -0.141. The van der Waals surface area contributed by atoms with E-state index in [2.05, 4.69) is 15.5 Å². The molecular formula is C26H28F2N4O3. The van der Waals surface area contributed by atoms with Crippen molar-refractivity contribution in [3.63, 3.8) is 0 Å². The summed E-state index contributed by atoms with van der Waals surface area (Å²) in [5.41, 5.74) is 1.01. The molecule has 0 bridgehead atoms. The third kappa shape index (κ3) is 5.08. The SMILES string of the molecule is CC(NC(=O)C1CCCN1C(=O)C(c1ccno1)C(C)C)c1ccc(-c2c(F)cncc2F)cc1. The van der Waals surface area contributed by atoms with Crippen molar-refractivity contribution in [2.24, 2.45) is 5.92 Å². The van der Waals surface area contributed by atoms with Gasteiger partial charge in [0.1, 0.15) is 17.7 Å². The summed E-state index contributed by atoms with van der Waals surface area (Å²) in [5.74, 6) is -1.90. The zero-order valence-electron chi connectivity index (χ0n) is 19.9. The Balaban J connectivity index is 1.45. The molecule has 0 radical (unpaired) electrons. The summed E-state index contributed by atoms with van der Waals surface area (Å²) < 4.78 is 33.3. The summed E-state index contributed by atoms with van der Waals surface area (Å²) in [5, 5.41) is 6.71. The van der Waals surface area contributed by atoms with Gasteiger partial charge in [-0.3, -0.25) is 14.6 Å². The number of pyridine rings is 1. The molecule has 0 aliphatic carbocycles. The summed E-state index contributed by atoms with van der Waals surface area (Å²) in [4.78, 5) is 31.7. The van der Waals surface area contributed by atoms with E-state index in [0.29, 0.717) is 24.3 Å². The molecule has 1 aliphatic heterocycles. The summed E-state index contributed by atoms with van der Waals surface area (Å²) in [6.45, 7) is 6.20. The molecular weight excluding hydrogens is 454 g/mol. The summed E-state index contributed by atoms with van der Waals surface area (Å²) in [6.07, 6.45) is 4.75. The number of hydrogen-bond acceptors (Lipinski definition) is 5. The minimum atomic E-state index is -0.741. The second kappa shape index (κ2) is 10.3. The number of aromatic nitrogens is 2. The normalized spacial score (nSPS) is 17.4. The molecule has 184 valence electrons. The van der Waals surface area contributed by atoms with Crippen LogP contribution in [0.2, 0.25) is 0 Å². The van der Waals surface area contributed by atoms with Crippen molar-refractivity contribution >= 4 is 11.8 Å². The van der Waals surface area contributed by atoms with E-state index < -0.39 is 23.6 Å². The number of hydrogen-bond donors (Lipinski definition) is 1. The van der Waals surface area contributed by atoms with E-state index >= 15 is 0 Å². The van der Waals surface area contributed by atoms with Crippen LogP contribution in [-0.4, -0.2) is 39.4 Å². The fourth-order valence-corrected chi connectivity index (χ4v) is 4.62. The van der Waals surface area contributed by atoms with Crippen LogP contribution in [-0.2, 0) is 9.59 Å². The lowest BCUT2D eigenvalue weighted by atomic mass is 9.91. The quantitative estimate of drug-likeness (QED) is 0.531. The van der Waals surface area contributed by atoms with Crippen molar-refractivity contribution in [3.8, 4) is 11.1 Å². The Kier molecular flexibility index (Phi) is 7.23. The molecule has 1 aromatic carbocycles. The summed E-state index contributed by atoms with van der Waals surface area (Å²) in [7, 11) is 0. The monoisotopic (exact) mass is 482 g/mol. The predicted molar refractivity (Wildman–Crippen MR) is 125 cm³/mol. The lowest BCUT2D eigenvalue weighted by Crippen LogP contribution is -2.48. The minimum absolute atomic E-state index is 0.0210. The molecule has 1 aliphatic rings. The number of nitrogens with one attached hydrogen (secondary N) is 1. The van der Waals surface area contributed by atoms with Gasteiger partial charge in [-0.15, -0.1) is 0 Å². The number of likely N-dealkylation sites (tertiary alicyclic amines) is 1. The van der Waals surface area contributed by atoms with Gasteiger partial charge in [0.25, 0.3) is 0 Å². The first-order valence-electron chi connectivity index (χ1n) is 11.7. The molecule has 2 amide bonds. The van der Waals surface area contributed by atoms with Crippen molar-refractivity contribution in [1.29, 1.82) is 0 Å². The Morgan fingerprint density at radius 3 is 2.37 bits per heavy atom. The Morgan fingerprint density at radius 2 is 1.77 bits per heavy atom. The molecule has 7 nitrogen and oxygen atoms in total. The van der Waals surface area contributed by atoms with Crippen LogP contribution in [0.1, 0.15) is 56.9 Å². The molecule has 0 spiro atoms. The summed E-state index contributed by atoms with van der Waals surface area (Å²) in [6, 6.07) is 7.39. The fourth-order valence-electron chi connectivity index (χ4n) is 4.62. The third-order valence-corrected chi connectivity index (χ3v) is 6.45. The Hall–Kier alpha value is -3.62. The van der Waals surface area contributed by atoms with Crippen LogP contribution in [0.25, 0.3) is 11.1 Å². The van der Waals surface area contributed by atoms with Gasteiger partial charge >= 0.3 is 0 Å². The van der Waals surface area contributed by atoms with Gasteiger partial charge in [0.15, 0.2) is 11.6 Å². The number of carbonyl (C=O) groups is 2. The van der Waals surface area contributed by atoms with Gasteiger partial charge < -0.3 is 14.7 Å². The Labute approximate surface area is 202 Å². The lowest BCUT2D eigenvalue weighted by Gasteiger charge is -2.29. The summed E-state index contributed by atoms with van der Waals surface area (Å²) >= 11 is 0. The second-order valence-corrected chi connectivity index (χ2v) is 9.16. The van der Waals surface area contributed by atoms with E-state index in [4.69, 9.17) is 4.52 Å². The predicted octanol–water partition coefficient (Wildman–Crippen LogP) is 4.62. The van der Waals surface area contributed by atoms with E-state index in [9.17, 15) is 18.4 Å². The van der Waals surface area contributed by atoms with E-state index in [1.165, 1.54) is 6.20 Å². The molecule has 3 atom stereocenters. The molecule has 3 heterocycles. The van der Waals surface area contributed by atoms with E-state index in [-0.39, 0.29) is 29.3 Å². The van der Waals surface area contributed by atoms with E-state index in [1.54, 1.807) is 35.2 Å². The molecule has 2 aromatic heterocycles. The first kappa shape index (κ1) is 24.5. The van der Waals surface area contributed by atoms with E-state index in [0.717, 1.165) is 24.4 Å². The maximum Gasteiger partial charge on any atom is 0.243 e. The number of halogens is 2. The molecule has 1 N–H and O–H groups in total. The van der Waals surface area contributed by atoms with Gasteiger partial charge in [0, 0.05) is 12.6 Å². The van der Waals surface area contributed by atoms with Crippen LogP contribution in [0.15, 0.2) is 53.4 Å². The standard InChI is InChI=1S/C26H28F2N4O3/c1-15(2)23(22-10-11-30-35-22)26(34)32-12-4-5-21(32)25(33)31-16(3)17-6-8-18(9-7-17)24-19(27)13-29-14-20(24)28/h6-11,13-16,21,23H,4-5,12H2,1-3H3,(H,31,33). The van der Waals surface area contributed by atoms with Crippen LogP contribution in [0.4, 0.5) is 8.78 Å².